The van der Waals surface area contributed by atoms with Gasteiger partial charge in [-0.1, -0.05) is 254 Å². The maximum absolute atomic E-state index is 12.9. The molecule has 1 atom stereocenters. The SMILES string of the molecule is CC/C=C\C/C=C\C/C=C\C/C=C\CCCCCCCCC(=O)OCC(COC(=O)CCCCCCCCCCCCCCC)OC(=O)CCCCCCC\C=C/C=C\C=C/CCCCCCC. The topological polar surface area (TPSA) is 78.9 Å². The largest absolute Gasteiger partial charge is 0.462 e. The Bertz CT molecular complexity index is 1320. The summed E-state index contributed by atoms with van der Waals surface area (Å²) in [4.78, 5) is 38.1. The lowest BCUT2D eigenvalue weighted by molar-refractivity contribution is -0.167. The molecule has 6 heteroatoms. The van der Waals surface area contributed by atoms with E-state index < -0.39 is 6.10 Å². The molecule has 0 saturated carbocycles. The number of unbranched alkanes of at least 4 members (excludes halogenated alkanes) is 28. The molecule has 0 bridgehead atoms. The first kappa shape index (κ1) is 64.6. The molecular weight excluding hydrogens is 841 g/mol. The van der Waals surface area contributed by atoms with Gasteiger partial charge in [-0.05, 0) is 83.5 Å². The number of carbonyl (C=O) groups excluding carboxylic acids is 3. The third-order valence-corrected chi connectivity index (χ3v) is 12.2. The predicted octanol–water partition coefficient (Wildman–Crippen LogP) is 19.2. The second-order valence-electron chi connectivity index (χ2n) is 18.9. The van der Waals surface area contributed by atoms with Crippen molar-refractivity contribution in [2.24, 2.45) is 0 Å². The van der Waals surface area contributed by atoms with Crippen molar-refractivity contribution in [1.82, 2.24) is 0 Å². The van der Waals surface area contributed by atoms with Gasteiger partial charge < -0.3 is 14.2 Å². The Hall–Kier alpha value is -3.41. The number of carbonyl (C=O) groups is 3. The average molecular weight is 948 g/mol. The minimum Gasteiger partial charge on any atom is -0.462 e. The minimum atomic E-state index is -0.792. The summed E-state index contributed by atoms with van der Waals surface area (Å²) in [5.74, 6) is -0.916. The van der Waals surface area contributed by atoms with Gasteiger partial charge in [0.2, 0.25) is 0 Å². The summed E-state index contributed by atoms with van der Waals surface area (Å²) in [5.41, 5.74) is 0. The molecular formula is C62H106O6. The number of esters is 3. The van der Waals surface area contributed by atoms with E-state index in [1.165, 1.54) is 109 Å². The molecule has 6 nitrogen and oxygen atoms in total. The first-order chi connectivity index (χ1) is 33.5. The highest BCUT2D eigenvalue weighted by molar-refractivity contribution is 5.71. The fourth-order valence-electron chi connectivity index (χ4n) is 7.91. The summed E-state index contributed by atoms with van der Waals surface area (Å²) in [6.07, 6.45) is 72.8. The van der Waals surface area contributed by atoms with Crippen molar-refractivity contribution in [3.05, 3.63) is 85.1 Å². The molecule has 68 heavy (non-hydrogen) atoms. The molecule has 0 aromatic heterocycles. The minimum absolute atomic E-state index is 0.0880. The van der Waals surface area contributed by atoms with Crippen LogP contribution in [0.25, 0.3) is 0 Å². The van der Waals surface area contributed by atoms with E-state index in [4.69, 9.17) is 14.2 Å². The maximum atomic E-state index is 12.9. The molecule has 0 aromatic carbocycles. The summed E-state index contributed by atoms with van der Waals surface area (Å²) in [6, 6.07) is 0. The van der Waals surface area contributed by atoms with E-state index in [0.717, 1.165) is 122 Å². The molecule has 0 heterocycles. The molecule has 390 valence electrons. The third-order valence-electron chi connectivity index (χ3n) is 12.2. The van der Waals surface area contributed by atoms with Gasteiger partial charge in [0.15, 0.2) is 6.10 Å². The number of hydrogen-bond acceptors (Lipinski definition) is 6. The van der Waals surface area contributed by atoms with Gasteiger partial charge in [0, 0.05) is 19.3 Å². The fourth-order valence-corrected chi connectivity index (χ4v) is 7.91. The molecule has 0 spiro atoms. The fraction of sp³-hybridized carbons (Fsp3) is 0.726. The Morgan fingerprint density at radius 3 is 1.01 bits per heavy atom. The summed E-state index contributed by atoms with van der Waals surface area (Å²) >= 11 is 0. The van der Waals surface area contributed by atoms with Gasteiger partial charge in [0.1, 0.15) is 13.2 Å². The summed E-state index contributed by atoms with van der Waals surface area (Å²) in [7, 11) is 0. The lowest BCUT2D eigenvalue weighted by Crippen LogP contribution is -2.30. The van der Waals surface area contributed by atoms with E-state index >= 15 is 0 Å². The third kappa shape index (κ3) is 53.5. The van der Waals surface area contributed by atoms with Crippen molar-refractivity contribution < 1.29 is 28.6 Å². The van der Waals surface area contributed by atoms with Gasteiger partial charge >= 0.3 is 17.9 Å². The molecule has 0 saturated heterocycles. The number of ether oxygens (including phenoxy) is 3. The second kappa shape index (κ2) is 56.2. The van der Waals surface area contributed by atoms with Crippen LogP contribution in [-0.4, -0.2) is 37.2 Å². The van der Waals surface area contributed by atoms with Crippen LogP contribution in [0, 0.1) is 0 Å². The van der Waals surface area contributed by atoms with E-state index in [-0.39, 0.29) is 31.1 Å². The van der Waals surface area contributed by atoms with E-state index in [2.05, 4.69) is 106 Å². The quantitative estimate of drug-likeness (QED) is 0.0199. The number of allylic oxidation sites excluding steroid dienone is 14. The predicted molar refractivity (Wildman–Crippen MR) is 293 cm³/mol. The highest BCUT2D eigenvalue weighted by Crippen LogP contribution is 2.15. The zero-order valence-electron chi connectivity index (χ0n) is 44.6. The zero-order valence-corrected chi connectivity index (χ0v) is 44.6. The van der Waals surface area contributed by atoms with Crippen LogP contribution in [0.15, 0.2) is 85.1 Å². The van der Waals surface area contributed by atoms with Gasteiger partial charge in [0.25, 0.3) is 0 Å². The molecule has 0 radical (unpaired) electrons. The molecule has 0 rings (SSSR count). The van der Waals surface area contributed by atoms with Crippen LogP contribution in [0.3, 0.4) is 0 Å². The van der Waals surface area contributed by atoms with Crippen LogP contribution >= 0.6 is 0 Å². The number of rotatable bonds is 51. The van der Waals surface area contributed by atoms with E-state index in [1.54, 1.807) is 0 Å². The van der Waals surface area contributed by atoms with E-state index in [9.17, 15) is 14.4 Å². The van der Waals surface area contributed by atoms with Crippen molar-refractivity contribution >= 4 is 17.9 Å². The van der Waals surface area contributed by atoms with Crippen LogP contribution in [0.5, 0.6) is 0 Å². The first-order valence-corrected chi connectivity index (χ1v) is 28.6. The Morgan fingerprint density at radius 2 is 0.632 bits per heavy atom. The van der Waals surface area contributed by atoms with Gasteiger partial charge in [0.05, 0.1) is 0 Å². The van der Waals surface area contributed by atoms with Crippen LogP contribution in [0.1, 0.15) is 271 Å². The van der Waals surface area contributed by atoms with E-state index in [0.29, 0.717) is 19.3 Å². The first-order valence-electron chi connectivity index (χ1n) is 28.6. The Labute approximate surface area is 420 Å². The van der Waals surface area contributed by atoms with E-state index in [1.807, 2.05) is 0 Å². The Kier molecular flexibility index (Phi) is 53.4. The van der Waals surface area contributed by atoms with Crippen LogP contribution in [-0.2, 0) is 28.6 Å². The molecule has 0 aromatic rings. The van der Waals surface area contributed by atoms with Crippen molar-refractivity contribution in [1.29, 1.82) is 0 Å². The summed E-state index contributed by atoms with van der Waals surface area (Å²) in [6.45, 7) is 6.49. The molecule has 0 aliphatic carbocycles. The van der Waals surface area contributed by atoms with Crippen molar-refractivity contribution in [3.63, 3.8) is 0 Å². The highest BCUT2D eigenvalue weighted by Gasteiger charge is 2.19. The zero-order chi connectivity index (χ0) is 49.3. The number of hydrogen-bond donors (Lipinski definition) is 0. The van der Waals surface area contributed by atoms with Crippen LogP contribution in [0.4, 0.5) is 0 Å². The van der Waals surface area contributed by atoms with Gasteiger partial charge in [-0.2, -0.15) is 0 Å². The lowest BCUT2D eigenvalue weighted by Gasteiger charge is -2.18. The van der Waals surface area contributed by atoms with Gasteiger partial charge in [-0.25, -0.2) is 0 Å². The molecule has 0 fully saturated rings. The van der Waals surface area contributed by atoms with Crippen molar-refractivity contribution in [3.8, 4) is 0 Å². The second-order valence-corrected chi connectivity index (χ2v) is 18.9. The summed E-state index contributed by atoms with van der Waals surface area (Å²) < 4.78 is 16.8. The normalized spacial score (nSPS) is 12.7. The standard InChI is InChI=1S/C62H106O6/c1-4-7-10-13-16-19-22-25-27-29-31-33-34-37-40-43-46-49-52-55-61(64)67-58-59(57-66-60(63)54-51-48-45-42-39-36-24-21-18-15-12-9-6-3)68-62(65)56-53-50-47-44-41-38-35-32-30-28-26-23-20-17-14-11-8-5-2/h7,10,16,19,23,25-28,30-33,35,59H,4-6,8-9,11-15,17-18,20-22,24,29,34,36-58H2,1-3H3/b10-7-,19-16-,26-23-,27-25-,30-28-,33-31-,35-32-. The Morgan fingerprint density at radius 1 is 0.324 bits per heavy atom. The van der Waals surface area contributed by atoms with Crippen LogP contribution < -0.4 is 0 Å². The molecule has 0 aliphatic rings. The lowest BCUT2D eigenvalue weighted by atomic mass is 10.0. The summed E-state index contributed by atoms with van der Waals surface area (Å²) in [5, 5.41) is 0. The smallest absolute Gasteiger partial charge is 0.306 e. The van der Waals surface area contributed by atoms with Gasteiger partial charge in [-0.15, -0.1) is 0 Å². The molecule has 0 aliphatic heterocycles. The highest BCUT2D eigenvalue weighted by atomic mass is 16.6. The molecule has 0 N–H and O–H groups in total. The van der Waals surface area contributed by atoms with Crippen LogP contribution in [0.2, 0.25) is 0 Å². The average Bonchev–Trinajstić information content (AvgIpc) is 3.34. The van der Waals surface area contributed by atoms with Crippen molar-refractivity contribution in [2.45, 2.75) is 277 Å². The van der Waals surface area contributed by atoms with Gasteiger partial charge in [-0.3, -0.25) is 14.4 Å². The maximum Gasteiger partial charge on any atom is 0.306 e. The Balaban J connectivity index is 4.44. The molecule has 1 unspecified atom stereocenters. The monoisotopic (exact) mass is 947 g/mol. The van der Waals surface area contributed by atoms with Crippen molar-refractivity contribution in [2.75, 3.05) is 13.2 Å². The molecule has 0 amide bonds.